The molecule has 16 heavy (non-hydrogen) atoms. The second-order valence-corrected chi connectivity index (χ2v) is 4.32. The number of hydrogen-bond donors (Lipinski definition) is 2. The fourth-order valence-electron chi connectivity index (χ4n) is 2.50. The maximum Gasteiger partial charge on any atom is 0.140 e. The number of rotatable bonds is 1. The molecule has 0 amide bonds. The SMILES string of the molecule is NNc1ccc2ccc3c(c2n1)CCCC3. The van der Waals surface area contributed by atoms with Crippen molar-refractivity contribution in [2.75, 3.05) is 5.43 Å². The Balaban J connectivity index is 2.27. The van der Waals surface area contributed by atoms with Gasteiger partial charge in [0.05, 0.1) is 5.52 Å². The highest BCUT2D eigenvalue weighted by Gasteiger charge is 2.13. The van der Waals surface area contributed by atoms with Crippen LogP contribution in [0.4, 0.5) is 5.82 Å². The summed E-state index contributed by atoms with van der Waals surface area (Å²) >= 11 is 0. The third-order valence-corrected chi connectivity index (χ3v) is 3.33. The van der Waals surface area contributed by atoms with Gasteiger partial charge in [-0.15, -0.1) is 0 Å². The van der Waals surface area contributed by atoms with Gasteiger partial charge in [-0.2, -0.15) is 0 Å². The highest BCUT2D eigenvalue weighted by Crippen LogP contribution is 2.28. The van der Waals surface area contributed by atoms with Gasteiger partial charge in [0.15, 0.2) is 0 Å². The first-order chi connectivity index (χ1) is 7.88. The van der Waals surface area contributed by atoms with Crippen LogP contribution in [-0.2, 0) is 12.8 Å². The molecule has 0 saturated carbocycles. The number of anilines is 1. The molecule has 0 bridgehead atoms. The van der Waals surface area contributed by atoms with E-state index in [0.717, 1.165) is 17.8 Å². The van der Waals surface area contributed by atoms with Crippen LogP contribution < -0.4 is 11.3 Å². The van der Waals surface area contributed by atoms with Crippen LogP contribution in [0.25, 0.3) is 10.9 Å². The average Bonchev–Trinajstić information content (AvgIpc) is 2.38. The van der Waals surface area contributed by atoms with E-state index in [2.05, 4.69) is 28.6 Å². The van der Waals surface area contributed by atoms with Crippen molar-refractivity contribution in [3.8, 4) is 0 Å². The molecule has 82 valence electrons. The van der Waals surface area contributed by atoms with Crippen LogP contribution in [0.5, 0.6) is 0 Å². The van der Waals surface area contributed by atoms with E-state index >= 15 is 0 Å². The minimum atomic E-state index is 0.742. The summed E-state index contributed by atoms with van der Waals surface area (Å²) in [5.74, 6) is 6.15. The van der Waals surface area contributed by atoms with Gasteiger partial charge >= 0.3 is 0 Å². The van der Waals surface area contributed by atoms with Gasteiger partial charge in [0, 0.05) is 5.39 Å². The number of nitrogen functional groups attached to an aromatic ring is 1. The summed E-state index contributed by atoms with van der Waals surface area (Å²) in [7, 11) is 0. The summed E-state index contributed by atoms with van der Waals surface area (Å²) < 4.78 is 0. The number of nitrogens with zero attached hydrogens (tertiary/aromatic N) is 1. The number of benzene rings is 1. The first-order valence-electron chi connectivity index (χ1n) is 5.76. The monoisotopic (exact) mass is 213 g/mol. The smallest absolute Gasteiger partial charge is 0.140 e. The number of hydrogen-bond acceptors (Lipinski definition) is 3. The van der Waals surface area contributed by atoms with E-state index in [-0.39, 0.29) is 0 Å². The van der Waals surface area contributed by atoms with Gasteiger partial charge in [0.2, 0.25) is 0 Å². The number of aryl methyl sites for hydroxylation is 2. The zero-order valence-corrected chi connectivity index (χ0v) is 9.16. The van der Waals surface area contributed by atoms with Crippen molar-refractivity contribution in [1.82, 2.24) is 4.98 Å². The van der Waals surface area contributed by atoms with Gasteiger partial charge in [0.1, 0.15) is 5.82 Å². The molecule has 3 N–H and O–H groups in total. The Labute approximate surface area is 94.6 Å². The first-order valence-corrected chi connectivity index (χ1v) is 5.76. The normalized spacial score (nSPS) is 14.8. The molecule has 0 unspecified atom stereocenters. The standard InChI is InChI=1S/C13H15N3/c14-16-12-8-7-10-6-5-9-3-1-2-4-11(9)13(10)15-12/h5-8H,1-4,14H2,(H,15,16). The molecule has 1 aliphatic carbocycles. The first kappa shape index (κ1) is 9.60. The summed E-state index contributed by atoms with van der Waals surface area (Å²) in [5, 5.41) is 1.21. The Bertz CT molecular complexity index is 529. The molecule has 0 fully saturated rings. The van der Waals surface area contributed by atoms with Crippen molar-refractivity contribution >= 4 is 16.7 Å². The molecule has 3 nitrogen and oxygen atoms in total. The maximum atomic E-state index is 5.40. The second kappa shape index (κ2) is 3.76. The van der Waals surface area contributed by atoms with Crippen molar-refractivity contribution in [2.24, 2.45) is 5.84 Å². The van der Waals surface area contributed by atoms with Crippen molar-refractivity contribution < 1.29 is 0 Å². The van der Waals surface area contributed by atoms with Crippen LogP contribution in [0.2, 0.25) is 0 Å². The highest BCUT2D eigenvalue weighted by molar-refractivity contribution is 5.84. The summed E-state index contributed by atoms with van der Waals surface area (Å²) in [4.78, 5) is 4.57. The summed E-state index contributed by atoms with van der Waals surface area (Å²) in [6, 6.07) is 8.39. The van der Waals surface area contributed by atoms with Gasteiger partial charge in [-0.25, -0.2) is 10.8 Å². The molecule has 2 aromatic rings. The van der Waals surface area contributed by atoms with Gasteiger partial charge in [-0.3, -0.25) is 0 Å². The summed E-state index contributed by atoms with van der Waals surface area (Å²) in [5.41, 5.74) is 6.61. The molecule has 0 radical (unpaired) electrons. The number of fused-ring (bicyclic) bond motifs is 3. The third kappa shape index (κ3) is 1.44. The molecule has 1 aromatic heterocycles. The van der Waals surface area contributed by atoms with E-state index in [4.69, 9.17) is 5.84 Å². The van der Waals surface area contributed by atoms with Crippen molar-refractivity contribution in [2.45, 2.75) is 25.7 Å². The summed E-state index contributed by atoms with van der Waals surface area (Å²) in [6.07, 6.45) is 4.91. The zero-order chi connectivity index (χ0) is 11.0. The Morgan fingerprint density at radius 1 is 1.06 bits per heavy atom. The van der Waals surface area contributed by atoms with Crippen LogP contribution in [0.15, 0.2) is 24.3 Å². The number of aromatic nitrogens is 1. The number of pyridine rings is 1. The maximum absolute atomic E-state index is 5.40. The van der Waals surface area contributed by atoms with Crippen LogP contribution in [0.3, 0.4) is 0 Å². The fraction of sp³-hybridized carbons (Fsp3) is 0.308. The van der Waals surface area contributed by atoms with Crippen molar-refractivity contribution in [3.05, 3.63) is 35.4 Å². The molecule has 0 spiro atoms. The molecule has 0 aliphatic heterocycles. The lowest BCUT2D eigenvalue weighted by Crippen LogP contribution is -2.09. The predicted molar refractivity (Wildman–Crippen MR) is 66.2 cm³/mol. The topological polar surface area (TPSA) is 50.9 Å². The molecule has 3 heteroatoms. The molecule has 0 saturated heterocycles. The number of nitrogens with one attached hydrogen (secondary N) is 1. The lowest BCUT2D eigenvalue weighted by molar-refractivity contribution is 0.689. The lowest BCUT2D eigenvalue weighted by Gasteiger charge is -2.17. The van der Waals surface area contributed by atoms with Gasteiger partial charge in [-0.05, 0) is 48.9 Å². The van der Waals surface area contributed by atoms with Crippen LogP contribution in [0.1, 0.15) is 24.0 Å². The Hall–Kier alpha value is -1.61. The zero-order valence-electron chi connectivity index (χ0n) is 9.16. The number of hydrazine groups is 1. The summed E-state index contributed by atoms with van der Waals surface area (Å²) in [6.45, 7) is 0. The minimum absolute atomic E-state index is 0.742. The lowest BCUT2D eigenvalue weighted by atomic mass is 9.90. The number of nitrogens with two attached hydrogens (primary N) is 1. The molecule has 1 heterocycles. The quantitative estimate of drug-likeness (QED) is 0.565. The Kier molecular flexibility index (Phi) is 2.26. The molecular formula is C13H15N3. The fourth-order valence-corrected chi connectivity index (χ4v) is 2.50. The minimum Gasteiger partial charge on any atom is -0.308 e. The highest BCUT2D eigenvalue weighted by atomic mass is 15.2. The molecule has 1 aliphatic rings. The van der Waals surface area contributed by atoms with E-state index < -0.39 is 0 Å². The van der Waals surface area contributed by atoms with E-state index in [0.29, 0.717) is 0 Å². The third-order valence-electron chi connectivity index (χ3n) is 3.33. The molecule has 0 atom stereocenters. The average molecular weight is 213 g/mol. The van der Waals surface area contributed by atoms with E-state index in [1.165, 1.54) is 35.8 Å². The largest absolute Gasteiger partial charge is 0.308 e. The van der Waals surface area contributed by atoms with Crippen LogP contribution in [0, 0.1) is 0 Å². The van der Waals surface area contributed by atoms with Crippen molar-refractivity contribution in [1.29, 1.82) is 0 Å². The van der Waals surface area contributed by atoms with Crippen molar-refractivity contribution in [3.63, 3.8) is 0 Å². The predicted octanol–water partition coefficient (Wildman–Crippen LogP) is 2.40. The van der Waals surface area contributed by atoms with Crippen LogP contribution in [-0.4, -0.2) is 4.98 Å². The van der Waals surface area contributed by atoms with E-state index in [9.17, 15) is 0 Å². The van der Waals surface area contributed by atoms with Gasteiger partial charge < -0.3 is 5.43 Å². The van der Waals surface area contributed by atoms with Crippen LogP contribution >= 0.6 is 0 Å². The van der Waals surface area contributed by atoms with E-state index in [1.54, 1.807) is 0 Å². The molecule has 1 aromatic carbocycles. The second-order valence-electron chi connectivity index (χ2n) is 4.32. The molecule has 3 rings (SSSR count). The van der Waals surface area contributed by atoms with E-state index in [1.807, 2.05) is 6.07 Å². The Morgan fingerprint density at radius 3 is 2.75 bits per heavy atom. The van der Waals surface area contributed by atoms with Gasteiger partial charge in [-0.1, -0.05) is 12.1 Å². The Morgan fingerprint density at radius 2 is 1.88 bits per heavy atom. The molecular weight excluding hydrogens is 198 g/mol. The van der Waals surface area contributed by atoms with Gasteiger partial charge in [0.25, 0.3) is 0 Å².